The van der Waals surface area contributed by atoms with E-state index in [0.29, 0.717) is 29.9 Å². The van der Waals surface area contributed by atoms with Gasteiger partial charge >= 0.3 is 0 Å². The molecule has 2 aromatic rings. The molecule has 6 nitrogen and oxygen atoms in total. The Morgan fingerprint density at radius 2 is 1.88 bits per heavy atom. The zero-order chi connectivity index (χ0) is 17.3. The van der Waals surface area contributed by atoms with Gasteiger partial charge in [0.15, 0.2) is 0 Å². The van der Waals surface area contributed by atoms with Gasteiger partial charge in [0.05, 0.1) is 17.1 Å². The maximum Gasteiger partial charge on any atom is 0.255 e. The number of amides is 1. The lowest BCUT2D eigenvalue weighted by molar-refractivity contribution is 0.102. The van der Waals surface area contributed by atoms with E-state index in [9.17, 15) is 18.3 Å². The Labute approximate surface area is 140 Å². The fourth-order valence-corrected chi connectivity index (χ4v) is 4.21. The number of benzene rings is 2. The van der Waals surface area contributed by atoms with E-state index in [1.807, 2.05) is 6.92 Å². The van der Waals surface area contributed by atoms with E-state index < -0.39 is 10.0 Å². The zero-order valence-corrected chi connectivity index (χ0v) is 14.0. The predicted octanol–water partition coefficient (Wildman–Crippen LogP) is 2.49. The largest absolute Gasteiger partial charge is 0.506 e. The third-order valence-electron chi connectivity index (χ3n) is 3.92. The molecule has 1 heterocycles. The van der Waals surface area contributed by atoms with E-state index in [1.54, 1.807) is 42.5 Å². The van der Waals surface area contributed by atoms with Crippen molar-refractivity contribution in [3.8, 4) is 5.75 Å². The topological polar surface area (TPSA) is 86.7 Å². The summed E-state index contributed by atoms with van der Waals surface area (Å²) in [6.45, 7) is 2.31. The lowest BCUT2D eigenvalue weighted by Gasteiger charge is -2.17. The van der Waals surface area contributed by atoms with Gasteiger partial charge in [0.1, 0.15) is 5.75 Å². The molecule has 0 atom stereocenters. The van der Waals surface area contributed by atoms with Crippen LogP contribution in [0, 0.1) is 6.92 Å². The van der Waals surface area contributed by atoms with Gasteiger partial charge in [-0.05, 0) is 55.3 Å². The van der Waals surface area contributed by atoms with Crippen molar-refractivity contribution in [2.45, 2.75) is 13.3 Å². The Morgan fingerprint density at radius 1 is 1.17 bits per heavy atom. The second kappa shape index (κ2) is 6.16. The minimum Gasteiger partial charge on any atom is -0.506 e. The molecule has 1 aliphatic rings. The molecule has 0 aromatic heterocycles. The van der Waals surface area contributed by atoms with Gasteiger partial charge < -0.3 is 10.4 Å². The fourth-order valence-electron chi connectivity index (χ4n) is 2.65. The highest BCUT2D eigenvalue weighted by atomic mass is 32.2. The molecule has 3 rings (SSSR count). The maximum absolute atomic E-state index is 12.3. The highest BCUT2D eigenvalue weighted by molar-refractivity contribution is 7.93. The summed E-state index contributed by atoms with van der Waals surface area (Å²) in [7, 11) is -3.23. The molecule has 0 aliphatic carbocycles. The second-order valence-corrected chi connectivity index (χ2v) is 7.78. The smallest absolute Gasteiger partial charge is 0.255 e. The van der Waals surface area contributed by atoms with Crippen LogP contribution in [0.25, 0.3) is 0 Å². The SMILES string of the molecule is Cc1ccc(NC(=O)c2ccc(N3CCCS3(=O)=O)cc2)c(O)c1. The normalized spacial score (nSPS) is 16.1. The number of aromatic hydroxyl groups is 1. The molecule has 2 N–H and O–H groups in total. The molecule has 0 saturated carbocycles. The van der Waals surface area contributed by atoms with Crippen LogP contribution < -0.4 is 9.62 Å². The summed E-state index contributed by atoms with van der Waals surface area (Å²) in [4.78, 5) is 12.3. The van der Waals surface area contributed by atoms with Gasteiger partial charge in [0.2, 0.25) is 10.0 Å². The summed E-state index contributed by atoms with van der Waals surface area (Å²) >= 11 is 0. The Kier molecular flexibility index (Phi) is 4.19. The van der Waals surface area contributed by atoms with E-state index in [0.717, 1.165) is 5.56 Å². The van der Waals surface area contributed by atoms with Gasteiger partial charge in [-0.3, -0.25) is 9.10 Å². The van der Waals surface area contributed by atoms with Crippen LogP contribution in [0.2, 0.25) is 0 Å². The predicted molar refractivity (Wildman–Crippen MR) is 93.0 cm³/mol. The zero-order valence-electron chi connectivity index (χ0n) is 13.2. The number of anilines is 2. The molecule has 1 fully saturated rings. The number of phenols is 1. The van der Waals surface area contributed by atoms with Crippen LogP contribution in [0.4, 0.5) is 11.4 Å². The number of carbonyl (C=O) groups is 1. The lowest BCUT2D eigenvalue weighted by Crippen LogP contribution is -2.25. The Morgan fingerprint density at radius 3 is 2.46 bits per heavy atom. The summed E-state index contributed by atoms with van der Waals surface area (Å²) in [5.74, 6) is -0.213. The van der Waals surface area contributed by atoms with Crippen LogP contribution in [0.15, 0.2) is 42.5 Å². The van der Waals surface area contributed by atoms with Crippen LogP contribution in [0.1, 0.15) is 22.3 Å². The van der Waals surface area contributed by atoms with E-state index in [1.165, 1.54) is 4.31 Å². The molecule has 24 heavy (non-hydrogen) atoms. The van der Waals surface area contributed by atoms with Gasteiger partial charge in [-0.25, -0.2) is 8.42 Å². The molecule has 0 spiro atoms. The standard InChI is InChI=1S/C17H18N2O4S/c1-12-3-8-15(16(20)11-12)18-17(21)13-4-6-14(7-5-13)19-9-2-10-24(19,22)23/h3-8,11,20H,2,9-10H2,1H3,(H,18,21). The van der Waals surface area contributed by atoms with Gasteiger partial charge in [-0.15, -0.1) is 0 Å². The first-order valence-electron chi connectivity index (χ1n) is 7.58. The third kappa shape index (κ3) is 3.21. The van der Waals surface area contributed by atoms with E-state index >= 15 is 0 Å². The van der Waals surface area contributed by atoms with Crippen LogP contribution in [-0.2, 0) is 10.0 Å². The van der Waals surface area contributed by atoms with Crippen molar-refractivity contribution in [2.24, 2.45) is 0 Å². The summed E-state index contributed by atoms with van der Waals surface area (Å²) in [6, 6.07) is 11.4. The highest BCUT2D eigenvalue weighted by Gasteiger charge is 2.28. The molecule has 0 unspecified atom stereocenters. The van der Waals surface area contributed by atoms with Crippen molar-refractivity contribution >= 4 is 27.3 Å². The quantitative estimate of drug-likeness (QED) is 0.836. The van der Waals surface area contributed by atoms with E-state index in [2.05, 4.69) is 5.32 Å². The minimum absolute atomic E-state index is 0.00290. The number of nitrogens with one attached hydrogen (secondary N) is 1. The van der Waals surface area contributed by atoms with Crippen molar-refractivity contribution in [1.82, 2.24) is 0 Å². The maximum atomic E-state index is 12.3. The molecule has 1 aliphatic heterocycles. The first-order chi connectivity index (χ1) is 11.4. The average Bonchev–Trinajstić information content (AvgIpc) is 2.89. The molecule has 1 saturated heterocycles. The van der Waals surface area contributed by atoms with Gasteiger partial charge in [0, 0.05) is 12.1 Å². The van der Waals surface area contributed by atoms with Crippen LogP contribution in [0.5, 0.6) is 5.75 Å². The van der Waals surface area contributed by atoms with Crippen molar-refractivity contribution in [3.63, 3.8) is 0 Å². The molecule has 2 aromatic carbocycles. The molecule has 1 amide bonds. The Hall–Kier alpha value is -2.54. The van der Waals surface area contributed by atoms with Crippen molar-refractivity contribution in [3.05, 3.63) is 53.6 Å². The van der Waals surface area contributed by atoms with E-state index in [-0.39, 0.29) is 17.4 Å². The number of aryl methyl sites for hydroxylation is 1. The Balaban J connectivity index is 1.77. The number of nitrogens with zero attached hydrogens (tertiary/aromatic N) is 1. The summed E-state index contributed by atoms with van der Waals surface area (Å²) in [6.07, 6.45) is 0.608. The average molecular weight is 346 g/mol. The number of sulfonamides is 1. The molecular weight excluding hydrogens is 328 g/mol. The summed E-state index contributed by atoms with van der Waals surface area (Å²) in [5.41, 5.74) is 2.16. The summed E-state index contributed by atoms with van der Waals surface area (Å²) < 4.78 is 25.2. The molecular formula is C17H18N2O4S. The first-order valence-corrected chi connectivity index (χ1v) is 9.19. The third-order valence-corrected chi connectivity index (χ3v) is 5.79. The number of rotatable bonds is 3. The van der Waals surface area contributed by atoms with Gasteiger partial charge in [-0.1, -0.05) is 6.07 Å². The number of hydrogen-bond donors (Lipinski definition) is 2. The molecule has 126 valence electrons. The summed E-state index contributed by atoms with van der Waals surface area (Å²) in [5, 5.41) is 12.5. The molecule has 0 radical (unpaired) electrons. The van der Waals surface area contributed by atoms with E-state index in [4.69, 9.17) is 0 Å². The Bertz CT molecular complexity index is 876. The molecule has 7 heteroatoms. The van der Waals surface area contributed by atoms with Crippen LogP contribution in [0.3, 0.4) is 0 Å². The number of carbonyl (C=O) groups excluding carboxylic acids is 1. The fraction of sp³-hybridized carbons (Fsp3) is 0.235. The second-order valence-electron chi connectivity index (χ2n) is 5.76. The first kappa shape index (κ1) is 16.3. The molecule has 0 bridgehead atoms. The van der Waals surface area contributed by atoms with Crippen molar-refractivity contribution in [2.75, 3.05) is 21.9 Å². The number of hydrogen-bond acceptors (Lipinski definition) is 4. The van der Waals surface area contributed by atoms with Crippen molar-refractivity contribution < 1.29 is 18.3 Å². The van der Waals surface area contributed by atoms with Gasteiger partial charge in [-0.2, -0.15) is 0 Å². The van der Waals surface area contributed by atoms with Crippen LogP contribution >= 0.6 is 0 Å². The lowest BCUT2D eigenvalue weighted by atomic mass is 10.1. The van der Waals surface area contributed by atoms with Gasteiger partial charge in [0.25, 0.3) is 5.91 Å². The minimum atomic E-state index is -3.23. The van der Waals surface area contributed by atoms with Crippen molar-refractivity contribution in [1.29, 1.82) is 0 Å². The monoisotopic (exact) mass is 346 g/mol. The highest BCUT2D eigenvalue weighted by Crippen LogP contribution is 2.26. The number of phenolic OH excluding ortho intramolecular Hbond substituents is 1. The van der Waals surface area contributed by atoms with Crippen LogP contribution in [-0.4, -0.2) is 31.7 Å².